The van der Waals surface area contributed by atoms with Crippen molar-refractivity contribution in [2.75, 3.05) is 48.4 Å². The van der Waals surface area contributed by atoms with Gasteiger partial charge in [-0.1, -0.05) is 25.1 Å². The first-order valence-corrected chi connectivity index (χ1v) is 10.4. The van der Waals surface area contributed by atoms with E-state index in [1.54, 1.807) is 4.90 Å². The molecule has 30 heavy (non-hydrogen) atoms. The standard InChI is InChI=1S/C21H27N5O4/c1-2-8-25-19(22)18(23-10-12-30-13-11-23)20(28)26(21(25)29)14-17(27)24-9-7-15-5-3-4-6-16(15)24/h3-6H,2,7-14,22H2,1H3. The van der Waals surface area contributed by atoms with Crippen LogP contribution in [0.2, 0.25) is 0 Å². The number of nitrogen functional groups attached to an aromatic ring is 1. The zero-order valence-electron chi connectivity index (χ0n) is 17.2. The summed E-state index contributed by atoms with van der Waals surface area (Å²) >= 11 is 0. The Morgan fingerprint density at radius 1 is 1.10 bits per heavy atom. The number of nitrogens with two attached hydrogens (primary N) is 1. The number of morpholine rings is 1. The topological polar surface area (TPSA) is 103 Å². The second-order valence-electron chi connectivity index (χ2n) is 7.58. The summed E-state index contributed by atoms with van der Waals surface area (Å²) < 4.78 is 7.81. The molecule has 0 saturated carbocycles. The number of nitrogens with zero attached hydrogens (tertiary/aromatic N) is 4. The van der Waals surface area contributed by atoms with Crippen molar-refractivity contribution in [3.05, 3.63) is 50.7 Å². The maximum atomic E-state index is 13.3. The molecule has 1 aromatic heterocycles. The van der Waals surface area contributed by atoms with E-state index in [1.165, 1.54) is 4.57 Å². The Bertz CT molecular complexity index is 1070. The number of hydrogen-bond donors (Lipinski definition) is 1. The van der Waals surface area contributed by atoms with Crippen LogP contribution in [0.15, 0.2) is 33.9 Å². The van der Waals surface area contributed by atoms with Gasteiger partial charge in [0.25, 0.3) is 5.56 Å². The van der Waals surface area contributed by atoms with Gasteiger partial charge in [0.2, 0.25) is 5.91 Å². The molecular formula is C21H27N5O4. The van der Waals surface area contributed by atoms with Crippen LogP contribution in [0, 0.1) is 0 Å². The summed E-state index contributed by atoms with van der Waals surface area (Å²) in [4.78, 5) is 42.9. The van der Waals surface area contributed by atoms with E-state index in [4.69, 9.17) is 10.5 Å². The molecule has 3 heterocycles. The first kappa shape index (κ1) is 20.2. The molecule has 1 amide bonds. The number of carbonyl (C=O) groups excluding carboxylic acids is 1. The van der Waals surface area contributed by atoms with Crippen molar-refractivity contribution in [2.24, 2.45) is 0 Å². The van der Waals surface area contributed by atoms with E-state index in [0.717, 1.165) is 22.2 Å². The van der Waals surface area contributed by atoms with Crippen molar-refractivity contribution in [3.63, 3.8) is 0 Å². The number of fused-ring (bicyclic) bond motifs is 1. The molecule has 0 atom stereocenters. The lowest BCUT2D eigenvalue weighted by Gasteiger charge is -2.30. The minimum atomic E-state index is -0.544. The summed E-state index contributed by atoms with van der Waals surface area (Å²) in [5, 5.41) is 0. The van der Waals surface area contributed by atoms with E-state index in [9.17, 15) is 14.4 Å². The summed E-state index contributed by atoms with van der Waals surface area (Å²) in [7, 11) is 0. The Morgan fingerprint density at radius 2 is 1.83 bits per heavy atom. The van der Waals surface area contributed by atoms with Crippen LogP contribution >= 0.6 is 0 Å². The summed E-state index contributed by atoms with van der Waals surface area (Å²) in [6, 6.07) is 7.70. The van der Waals surface area contributed by atoms with Crippen LogP contribution in [0.3, 0.4) is 0 Å². The van der Waals surface area contributed by atoms with Crippen LogP contribution in [0.4, 0.5) is 17.2 Å². The molecule has 0 bridgehead atoms. The number of aromatic nitrogens is 2. The van der Waals surface area contributed by atoms with Crippen LogP contribution < -0.4 is 26.8 Å². The molecule has 9 heteroatoms. The molecule has 2 N–H and O–H groups in total. The van der Waals surface area contributed by atoms with Crippen LogP contribution in [-0.4, -0.2) is 47.9 Å². The van der Waals surface area contributed by atoms with Crippen LogP contribution in [0.5, 0.6) is 0 Å². The van der Waals surface area contributed by atoms with Crippen LogP contribution in [0.1, 0.15) is 18.9 Å². The van der Waals surface area contributed by atoms with E-state index in [0.29, 0.717) is 45.8 Å². The van der Waals surface area contributed by atoms with Gasteiger partial charge in [0.05, 0.1) is 13.2 Å². The number of para-hydroxylation sites is 1. The smallest absolute Gasteiger partial charge is 0.333 e. The van der Waals surface area contributed by atoms with Crippen molar-refractivity contribution in [1.29, 1.82) is 0 Å². The number of anilines is 3. The molecule has 4 rings (SSSR count). The van der Waals surface area contributed by atoms with Gasteiger partial charge < -0.3 is 20.3 Å². The highest BCUT2D eigenvalue weighted by Crippen LogP contribution is 2.27. The minimum Gasteiger partial charge on any atom is -0.383 e. The lowest BCUT2D eigenvalue weighted by Crippen LogP contribution is -2.49. The molecular weight excluding hydrogens is 386 g/mol. The fourth-order valence-corrected chi connectivity index (χ4v) is 4.18. The first-order chi connectivity index (χ1) is 14.5. The molecule has 0 radical (unpaired) electrons. The third-order valence-corrected chi connectivity index (χ3v) is 5.70. The highest BCUT2D eigenvalue weighted by Gasteiger charge is 2.28. The van der Waals surface area contributed by atoms with Crippen molar-refractivity contribution >= 4 is 23.1 Å². The molecule has 1 saturated heterocycles. The SMILES string of the molecule is CCCn1c(N)c(N2CCOCC2)c(=O)n(CC(=O)N2CCc3ccccc32)c1=O. The van der Waals surface area contributed by atoms with Gasteiger partial charge in [-0.2, -0.15) is 0 Å². The van der Waals surface area contributed by atoms with E-state index in [2.05, 4.69) is 0 Å². The predicted molar refractivity (Wildman–Crippen MR) is 115 cm³/mol. The zero-order valence-corrected chi connectivity index (χ0v) is 17.2. The molecule has 9 nitrogen and oxygen atoms in total. The fraction of sp³-hybridized carbons (Fsp3) is 0.476. The maximum Gasteiger partial charge on any atom is 0.333 e. The number of carbonyl (C=O) groups is 1. The zero-order chi connectivity index (χ0) is 21.3. The molecule has 2 aliphatic heterocycles. The summed E-state index contributed by atoms with van der Waals surface area (Å²) in [5.41, 5.74) is 7.40. The summed E-state index contributed by atoms with van der Waals surface area (Å²) in [5.74, 6) is -0.121. The number of ether oxygens (including phenoxy) is 1. The monoisotopic (exact) mass is 413 g/mol. The summed E-state index contributed by atoms with van der Waals surface area (Å²) in [6.07, 6.45) is 1.44. The molecule has 0 unspecified atom stereocenters. The highest BCUT2D eigenvalue weighted by molar-refractivity contribution is 5.95. The van der Waals surface area contributed by atoms with Crippen LogP contribution in [-0.2, 0) is 29.0 Å². The Kier molecular flexibility index (Phi) is 5.63. The number of hydrogen-bond acceptors (Lipinski definition) is 6. The van der Waals surface area contributed by atoms with Crippen molar-refractivity contribution < 1.29 is 9.53 Å². The first-order valence-electron chi connectivity index (χ1n) is 10.4. The molecule has 1 fully saturated rings. The van der Waals surface area contributed by atoms with Crippen molar-refractivity contribution in [1.82, 2.24) is 9.13 Å². The second-order valence-corrected chi connectivity index (χ2v) is 7.58. The predicted octanol–water partition coefficient (Wildman–Crippen LogP) is 0.428. The normalized spacial score (nSPS) is 16.0. The van der Waals surface area contributed by atoms with Gasteiger partial charge in [0.1, 0.15) is 18.1 Å². The lowest BCUT2D eigenvalue weighted by atomic mass is 10.2. The molecule has 0 aliphatic carbocycles. The number of benzene rings is 1. The number of rotatable bonds is 5. The van der Waals surface area contributed by atoms with Gasteiger partial charge in [-0.25, -0.2) is 9.36 Å². The van der Waals surface area contributed by atoms with Gasteiger partial charge in [-0.3, -0.25) is 14.2 Å². The van der Waals surface area contributed by atoms with E-state index < -0.39 is 11.2 Å². The molecule has 2 aromatic rings. The largest absolute Gasteiger partial charge is 0.383 e. The Morgan fingerprint density at radius 3 is 2.57 bits per heavy atom. The second kappa shape index (κ2) is 8.35. The van der Waals surface area contributed by atoms with Gasteiger partial charge in [0, 0.05) is 31.9 Å². The van der Waals surface area contributed by atoms with E-state index in [-0.39, 0.29) is 24.0 Å². The molecule has 1 aromatic carbocycles. The van der Waals surface area contributed by atoms with Gasteiger partial charge in [0.15, 0.2) is 0 Å². The maximum absolute atomic E-state index is 13.3. The third kappa shape index (κ3) is 3.49. The Balaban J connectivity index is 1.74. The Hall–Kier alpha value is -3.07. The lowest BCUT2D eigenvalue weighted by molar-refractivity contribution is -0.119. The van der Waals surface area contributed by atoms with Crippen molar-refractivity contribution in [3.8, 4) is 0 Å². The van der Waals surface area contributed by atoms with E-state index >= 15 is 0 Å². The fourth-order valence-electron chi connectivity index (χ4n) is 4.18. The molecule has 160 valence electrons. The van der Waals surface area contributed by atoms with Gasteiger partial charge >= 0.3 is 5.69 Å². The summed E-state index contributed by atoms with van der Waals surface area (Å²) in [6.45, 7) is 4.53. The van der Waals surface area contributed by atoms with Gasteiger partial charge in [-0.15, -0.1) is 0 Å². The molecule has 2 aliphatic rings. The van der Waals surface area contributed by atoms with Gasteiger partial charge in [-0.05, 0) is 24.5 Å². The highest BCUT2D eigenvalue weighted by atomic mass is 16.5. The molecule has 0 spiro atoms. The van der Waals surface area contributed by atoms with E-state index in [1.807, 2.05) is 36.1 Å². The van der Waals surface area contributed by atoms with Crippen LogP contribution in [0.25, 0.3) is 0 Å². The van der Waals surface area contributed by atoms with Crippen molar-refractivity contribution in [2.45, 2.75) is 32.9 Å². The quantitative estimate of drug-likeness (QED) is 0.763. The average Bonchev–Trinajstić information content (AvgIpc) is 3.19. The Labute approximate surface area is 174 Å². The third-order valence-electron chi connectivity index (χ3n) is 5.70. The number of amides is 1. The average molecular weight is 413 g/mol. The minimum absolute atomic E-state index is 0.156.